The number of anilines is 1. The van der Waals surface area contributed by atoms with E-state index in [-0.39, 0.29) is 5.56 Å². The van der Waals surface area contributed by atoms with E-state index in [1.54, 1.807) is 0 Å². The summed E-state index contributed by atoms with van der Waals surface area (Å²) < 4.78 is 0. The van der Waals surface area contributed by atoms with Gasteiger partial charge in [-0.25, -0.2) is 4.79 Å². The van der Waals surface area contributed by atoms with Crippen molar-refractivity contribution in [3.05, 3.63) is 29.8 Å². The lowest BCUT2D eigenvalue weighted by atomic mass is 10.2. The first-order chi connectivity index (χ1) is 7.83. The third-order valence-electron chi connectivity index (χ3n) is 1.84. The zero-order chi connectivity index (χ0) is 13.1. The number of carbonyl (C=O) groups excluding carboxylic acids is 1. The van der Waals surface area contributed by atoms with Crippen molar-refractivity contribution < 1.29 is 19.5 Å². The van der Waals surface area contributed by atoms with Gasteiger partial charge in [-0.1, -0.05) is 0 Å². The number of carboxylic acid groups (broad SMARTS) is 1. The highest BCUT2D eigenvalue weighted by atomic mass is 16.7. The largest absolute Gasteiger partial charge is 0.478 e. The third-order valence-corrected chi connectivity index (χ3v) is 1.84. The SMILES string of the molecule is CC(C)(C)ON(C=O)c1ccc(C(=O)O)cc1. The van der Waals surface area contributed by atoms with Crippen molar-refractivity contribution in [2.45, 2.75) is 26.4 Å². The minimum atomic E-state index is -1.01. The Morgan fingerprint density at radius 1 is 1.29 bits per heavy atom. The van der Waals surface area contributed by atoms with Crippen LogP contribution in [0.3, 0.4) is 0 Å². The average molecular weight is 237 g/mol. The molecule has 5 heteroatoms. The summed E-state index contributed by atoms with van der Waals surface area (Å²) in [6.45, 7) is 5.44. The topological polar surface area (TPSA) is 66.8 Å². The van der Waals surface area contributed by atoms with Crippen LogP contribution >= 0.6 is 0 Å². The molecule has 0 aliphatic carbocycles. The van der Waals surface area contributed by atoms with Crippen LogP contribution in [0.5, 0.6) is 0 Å². The van der Waals surface area contributed by atoms with Crippen LogP contribution in [0.15, 0.2) is 24.3 Å². The van der Waals surface area contributed by atoms with Crippen LogP contribution in [0, 0.1) is 0 Å². The zero-order valence-corrected chi connectivity index (χ0v) is 10.0. The Kier molecular flexibility index (Phi) is 3.85. The van der Waals surface area contributed by atoms with Crippen molar-refractivity contribution in [3.8, 4) is 0 Å². The average Bonchev–Trinajstić information content (AvgIpc) is 2.25. The standard InChI is InChI=1S/C12H15NO4/c1-12(2,3)17-13(8-14)10-6-4-9(5-7-10)11(15)16/h4-8H,1-3H3,(H,15,16). The molecule has 0 aliphatic heterocycles. The van der Waals surface area contributed by atoms with Crippen LogP contribution in [0.2, 0.25) is 0 Å². The molecule has 5 nitrogen and oxygen atoms in total. The lowest BCUT2D eigenvalue weighted by molar-refractivity contribution is -0.120. The summed E-state index contributed by atoms with van der Waals surface area (Å²) in [6, 6.07) is 5.87. The molecule has 0 atom stereocenters. The number of rotatable bonds is 4. The van der Waals surface area contributed by atoms with Crippen LogP contribution in [-0.4, -0.2) is 23.1 Å². The van der Waals surface area contributed by atoms with Crippen molar-refractivity contribution in [2.24, 2.45) is 0 Å². The zero-order valence-electron chi connectivity index (χ0n) is 10.0. The molecule has 0 saturated heterocycles. The number of aromatic carboxylic acids is 1. The highest BCUT2D eigenvalue weighted by molar-refractivity contribution is 5.88. The highest BCUT2D eigenvalue weighted by Crippen LogP contribution is 2.18. The van der Waals surface area contributed by atoms with Gasteiger partial charge in [0, 0.05) is 0 Å². The molecule has 1 amide bonds. The Bertz CT molecular complexity index is 406. The quantitative estimate of drug-likeness (QED) is 0.643. The van der Waals surface area contributed by atoms with E-state index in [1.807, 2.05) is 20.8 Å². The first-order valence-corrected chi connectivity index (χ1v) is 5.10. The van der Waals surface area contributed by atoms with E-state index in [4.69, 9.17) is 9.94 Å². The number of hydroxylamine groups is 1. The second-order valence-electron chi connectivity index (χ2n) is 4.49. The molecule has 0 unspecified atom stereocenters. The summed E-state index contributed by atoms with van der Waals surface area (Å²) in [5, 5.41) is 9.82. The van der Waals surface area contributed by atoms with Gasteiger partial charge in [0.1, 0.15) is 0 Å². The van der Waals surface area contributed by atoms with E-state index in [1.165, 1.54) is 24.3 Å². The van der Waals surface area contributed by atoms with Gasteiger partial charge < -0.3 is 5.11 Å². The molecular weight excluding hydrogens is 222 g/mol. The van der Waals surface area contributed by atoms with Gasteiger partial charge in [-0.3, -0.25) is 9.63 Å². The Labute approximate surface area is 99.6 Å². The van der Waals surface area contributed by atoms with E-state index < -0.39 is 11.6 Å². The number of nitrogens with zero attached hydrogens (tertiary/aromatic N) is 1. The first kappa shape index (κ1) is 13.2. The molecule has 0 spiro atoms. The summed E-state index contributed by atoms with van der Waals surface area (Å²) >= 11 is 0. The number of amides is 1. The predicted octanol–water partition coefficient (Wildman–Crippen LogP) is 2.08. The number of hydrogen-bond donors (Lipinski definition) is 1. The lowest BCUT2D eigenvalue weighted by Gasteiger charge is -2.26. The molecule has 1 aromatic rings. The van der Waals surface area contributed by atoms with Crippen LogP contribution in [0.1, 0.15) is 31.1 Å². The highest BCUT2D eigenvalue weighted by Gasteiger charge is 2.17. The van der Waals surface area contributed by atoms with Crippen LogP contribution in [0.4, 0.5) is 5.69 Å². The maximum absolute atomic E-state index is 10.9. The van der Waals surface area contributed by atoms with Crippen molar-refractivity contribution in [2.75, 3.05) is 5.06 Å². The monoisotopic (exact) mass is 237 g/mol. The Morgan fingerprint density at radius 3 is 2.18 bits per heavy atom. The molecule has 1 aromatic carbocycles. The van der Waals surface area contributed by atoms with Gasteiger partial charge in [0.25, 0.3) is 0 Å². The molecule has 1 N–H and O–H groups in total. The minimum Gasteiger partial charge on any atom is -0.478 e. The molecule has 0 heterocycles. The van der Waals surface area contributed by atoms with E-state index >= 15 is 0 Å². The lowest BCUT2D eigenvalue weighted by Crippen LogP contribution is -2.32. The van der Waals surface area contributed by atoms with Crippen LogP contribution in [0.25, 0.3) is 0 Å². The number of benzene rings is 1. The minimum absolute atomic E-state index is 0.162. The van der Waals surface area contributed by atoms with Crippen molar-refractivity contribution in [1.29, 1.82) is 0 Å². The van der Waals surface area contributed by atoms with Crippen molar-refractivity contribution >= 4 is 18.1 Å². The maximum Gasteiger partial charge on any atom is 0.335 e. The second-order valence-corrected chi connectivity index (χ2v) is 4.49. The number of carboxylic acids is 1. The van der Waals surface area contributed by atoms with Gasteiger partial charge in [-0.2, -0.15) is 5.06 Å². The Balaban J connectivity index is 2.90. The molecule has 0 aromatic heterocycles. The third kappa shape index (κ3) is 3.88. The first-order valence-electron chi connectivity index (χ1n) is 5.10. The van der Waals surface area contributed by atoms with Gasteiger partial charge in [0.15, 0.2) is 0 Å². The van der Waals surface area contributed by atoms with Gasteiger partial charge in [-0.05, 0) is 45.0 Å². The summed E-state index contributed by atoms with van der Waals surface area (Å²) in [6.07, 6.45) is 0.543. The van der Waals surface area contributed by atoms with Crippen molar-refractivity contribution in [1.82, 2.24) is 0 Å². The molecular formula is C12H15NO4. The summed E-state index contributed by atoms with van der Waals surface area (Å²) in [5.74, 6) is -1.01. The van der Waals surface area contributed by atoms with E-state index in [2.05, 4.69) is 0 Å². The summed E-state index contributed by atoms with van der Waals surface area (Å²) in [7, 11) is 0. The van der Waals surface area contributed by atoms with Crippen LogP contribution < -0.4 is 5.06 Å². The molecule has 0 aliphatic rings. The fourth-order valence-electron chi connectivity index (χ4n) is 1.18. The Hall–Kier alpha value is -1.88. The smallest absolute Gasteiger partial charge is 0.335 e. The van der Waals surface area contributed by atoms with E-state index in [0.29, 0.717) is 12.1 Å². The summed E-state index contributed by atoms with van der Waals surface area (Å²) in [4.78, 5) is 26.9. The molecule has 0 radical (unpaired) electrons. The number of hydrogen-bond acceptors (Lipinski definition) is 3. The van der Waals surface area contributed by atoms with Gasteiger partial charge >= 0.3 is 5.97 Å². The fraction of sp³-hybridized carbons (Fsp3) is 0.333. The maximum atomic E-state index is 10.9. The fourth-order valence-corrected chi connectivity index (χ4v) is 1.18. The number of carbonyl (C=O) groups is 2. The van der Waals surface area contributed by atoms with Crippen molar-refractivity contribution in [3.63, 3.8) is 0 Å². The van der Waals surface area contributed by atoms with E-state index in [9.17, 15) is 9.59 Å². The molecule has 0 saturated carbocycles. The Morgan fingerprint density at radius 2 is 1.82 bits per heavy atom. The normalized spacial score (nSPS) is 11.0. The molecule has 0 bridgehead atoms. The predicted molar refractivity (Wildman–Crippen MR) is 62.8 cm³/mol. The van der Waals surface area contributed by atoms with Gasteiger partial charge in [0.05, 0.1) is 16.9 Å². The van der Waals surface area contributed by atoms with Crippen LogP contribution in [-0.2, 0) is 9.63 Å². The molecule has 92 valence electrons. The van der Waals surface area contributed by atoms with Gasteiger partial charge in [-0.15, -0.1) is 0 Å². The van der Waals surface area contributed by atoms with Gasteiger partial charge in [0.2, 0.25) is 6.41 Å². The summed E-state index contributed by atoms with van der Waals surface area (Å²) in [5.41, 5.74) is 0.141. The second kappa shape index (κ2) is 4.97. The molecule has 0 fully saturated rings. The molecule has 17 heavy (non-hydrogen) atoms. The molecule has 1 rings (SSSR count). The van der Waals surface area contributed by atoms with E-state index in [0.717, 1.165) is 5.06 Å².